The maximum absolute atomic E-state index is 12.5. The van der Waals surface area contributed by atoms with Crippen LogP contribution in [0.1, 0.15) is 24.6 Å². The lowest BCUT2D eigenvalue weighted by atomic mass is 10.2. The van der Waals surface area contributed by atoms with E-state index in [9.17, 15) is 4.79 Å². The third kappa shape index (κ3) is 1.17. The Morgan fingerprint density at radius 3 is 3.00 bits per heavy atom. The molecule has 1 fully saturated rings. The molecule has 3 heterocycles. The lowest BCUT2D eigenvalue weighted by Gasteiger charge is -2.07. The molecular formula is C12H11N5O. The molecule has 0 amide bonds. The first-order chi connectivity index (χ1) is 8.75. The summed E-state index contributed by atoms with van der Waals surface area (Å²) in [6, 6.07) is 2.29. The third-order valence-corrected chi connectivity index (χ3v) is 3.43. The quantitative estimate of drug-likeness (QED) is 0.639. The van der Waals surface area contributed by atoms with Gasteiger partial charge in [0.05, 0.1) is 16.6 Å². The van der Waals surface area contributed by atoms with Gasteiger partial charge in [-0.2, -0.15) is 14.6 Å². The summed E-state index contributed by atoms with van der Waals surface area (Å²) in [7, 11) is 0. The topological polar surface area (TPSA) is 65.1 Å². The number of fused-ring (bicyclic) bond motifs is 3. The van der Waals surface area contributed by atoms with E-state index in [2.05, 4.69) is 15.1 Å². The molecule has 0 unspecified atom stereocenters. The van der Waals surface area contributed by atoms with E-state index in [1.54, 1.807) is 9.08 Å². The van der Waals surface area contributed by atoms with Crippen LogP contribution in [0.3, 0.4) is 0 Å². The fraction of sp³-hybridized carbons (Fsp3) is 0.333. The number of hydrogen-bond donors (Lipinski definition) is 0. The second kappa shape index (κ2) is 3.16. The van der Waals surface area contributed by atoms with Crippen molar-refractivity contribution in [3.63, 3.8) is 0 Å². The van der Waals surface area contributed by atoms with Gasteiger partial charge in [-0.1, -0.05) is 0 Å². The smallest absolute Gasteiger partial charge is 0.262 e. The van der Waals surface area contributed by atoms with Crippen LogP contribution in [0.2, 0.25) is 0 Å². The van der Waals surface area contributed by atoms with Crippen molar-refractivity contribution in [2.24, 2.45) is 0 Å². The largest absolute Gasteiger partial charge is 0.312 e. The Balaban J connectivity index is 2.21. The van der Waals surface area contributed by atoms with Crippen molar-refractivity contribution in [1.29, 1.82) is 0 Å². The average molecular weight is 241 g/mol. The summed E-state index contributed by atoms with van der Waals surface area (Å²) in [6.45, 7) is 1.84. The Morgan fingerprint density at radius 1 is 1.39 bits per heavy atom. The van der Waals surface area contributed by atoms with Crippen molar-refractivity contribution in [2.45, 2.75) is 25.8 Å². The minimum Gasteiger partial charge on any atom is -0.312 e. The number of nitrogens with zero attached hydrogens (tertiary/aromatic N) is 5. The summed E-state index contributed by atoms with van der Waals surface area (Å²) >= 11 is 0. The predicted molar refractivity (Wildman–Crippen MR) is 65.6 cm³/mol. The van der Waals surface area contributed by atoms with Gasteiger partial charge in [0.1, 0.15) is 6.33 Å². The summed E-state index contributed by atoms with van der Waals surface area (Å²) in [6.07, 6.45) is 5.48. The third-order valence-electron chi connectivity index (χ3n) is 3.43. The molecule has 18 heavy (non-hydrogen) atoms. The molecule has 6 heteroatoms. The summed E-state index contributed by atoms with van der Waals surface area (Å²) in [4.78, 5) is 20.8. The zero-order valence-electron chi connectivity index (χ0n) is 9.87. The van der Waals surface area contributed by atoms with E-state index in [4.69, 9.17) is 0 Å². The zero-order chi connectivity index (χ0) is 12.3. The van der Waals surface area contributed by atoms with E-state index in [1.807, 2.05) is 19.2 Å². The molecule has 0 aromatic carbocycles. The average Bonchev–Trinajstić information content (AvgIpc) is 3.08. The summed E-state index contributed by atoms with van der Waals surface area (Å²) in [5.74, 6) is 0.531. The number of aryl methyl sites for hydroxylation is 1. The minimum atomic E-state index is 0.0254. The van der Waals surface area contributed by atoms with Crippen LogP contribution < -0.4 is 5.56 Å². The molecule has 1 saturated carbocycles. The molecule has 1 aliphatic carbocycles. The molecule has 0 spiro atoms. The van der Waals surface area contributed by atoms with Crippen molar-refractivity contribution in [1.82, 2.24) is 24.1 Å². The summed E-state index contributed by atoms with van der Waals surface area (Å²) in [5, 5.41) is 4.76. The van der Waals surface area contributed by atoms with Crippen molar-refractivity contribution in [3.8, 4) is 0 Å². The Morgan fingerprint density at radius 2 is 2.22 bits per heavy atom. The van der Waals surface area contributed by atoms with Gasteiger partial charge < -0.3 is 4.57 Å². The molecule has 3 aromatic rings. The van der Waals surface area contributed by atoms with E-state index in [1.165, 1.54) is 6.33 Å². The van der Waals surface area contributed by atoms with Crippen LogP contribution in [0, 0.1) is 6.92 Å². The van der Waals surface area contributed by atoms with Crippen LogP contribution in [0.25, 0.3) is 16.7 Å². The fourth-order valence-corrected chi connectivity index (χ4v) is 2.38. The van der Waals surface area contributed by atoms with Crippen molar-refractivity contribution < 1.29 is 0 Å². The molecule has 0 bridgehead atoms. The molecule has 90 valence electrons. The van der Waals surface area contributed by atoms with E-state index in [-0.39, 0.29) is 5.56 Å². The number of hydrogen-bond acceptors (Lipinski definition) is 4. The summed E-state index contributed by atoms with van der Waals surface area (Å²) < 4.78 is 3.42. The molecule has 1 aliphatic rings. The van der Waals surface area contributed by atoms with Gasteiger partial charge >= 0.3 is 0 Å². The van der Waals surface area contributed by atoms with Gasteiger partial charge in [0.25, 0.3) is 11.3 Å². The van der Waals surface area contributed by atoms with Crippen molar-refractivity contribution >= 4 is 16.7 Å². The SMILES string of the molecule is Cc1nc2ncnn2c2ccn(C3CC3)c(=O)c12. The van der Waals surface area contributed by atoms with E-state index >= 15 is 0 Å². The molecule has 0 radical (unpaired) electrons. The maximum Gasteiger partial charge on any atom is 0.262 e. The number of aromatic nitrogens is 5. The first-order valence-electron chi connectivity index (χ1n) is 5.97. The molecule has 0 aliphatic heterocycles. The molecular weight excluding hydrogens is 230 g/mol. The Bertz CT molecular complexity index is 827. The van der Waals surface area contributed by atoms with E-state index in [0.717, 1.165) is 18.4 Å². The van der Waals surface area contributed by atoms with Crippen molar-refractivity contribution in [3.05, 3.63) is 34.6 Å². The van der Waals surface area contributed by atoms with Crippen LogP contribution in [-0.4, -0.2) is 24.1 Å². The van der Waals surface area contributed by atoms with Crippen LogP contribution >= 0.6 is 0 Å². The van der Waals surface area contributed by atoms with E-state index < -0.39 is 0 Å². The fourth-order valence-electron chi connectivity index (χ4n) is 2.38. The van der Waals surface area contributed by atoms with Gasteiger partial charge in [-0.3, -0.25) is 4.79 Å². The van der Waals surface area contributed by atoms with Crippen LogP contribution in [0.4, 0.5) is 0 Å². The molecule has 6 nitrogen and oxygen atoms in total. The van der Waals surface area contributed by atoms with Gasteiger partial charge in [0, 0.05) is 12.2 Å². The Labute approximate surface area is 102 Å². The number of pyridine rings is 1. The monoisotopic (exact) mass is 241 g/mol. The summed E-state index contributed by atoms with van der Waals surface area (Å²) in [5.41, 5.74) is 1.51. The zero-order valence-corrected chi connectivity index (χ0v) is 9.87. The molecule has 0 N–H and O–H groups in total. The minimum absolute atomic E-state index is 0.0254. The predicted octanol–water partition coefficient (Wildman–Crippen LogP) is 1.08. The molecule has 3 aromatic heterocycles. The van der Waals surface area contributed by atoms with Gasteiger partial charge in [-0.15, -0.1) is 0 Å². The van der Waals surface area contributed by atoms with E-state index in [0.29, 0.717) is 22.9 Å². The standard InChI is InChI=1S/C12H11N5O/c1-7-10-9(17-12(15-7)13-6-14-17)4-5-16(11(10)18)8-2-3-8/h4-6,8H,2-3H2,1H3. The lowest BCUT2D eigenvalue weighted by molar-refractivity contribution is 0.712. The maximum atomic E-state index is 12.5. The van der Waals surface area contributed by atoms with Crippen LogP contribution in [0.15, 0.2) is 23.4 Å². The van der Waals surface area contributed by atoms with Gasteiger partial charge in [0.15, 0.2) is 0 Å². The van der Waals surface area contributed by atoms with Gasteiger partial charge in [-0.05, 0) is 25.8 Å². The highest BCUT2D eigenvalue weighted by atomic mass is 16.1. The first kappa shape index (κ1) is 9.76. The molecule has 4 rings (SSSR count). The van der Waals surface area contributed by atoms with Gasteiger partial charge in [0.2, 0.25) is 0 Å². The van der Waals surface area contributed by atoms with Gasteiger partial charge in [-0.25, -0.2) is 4.98 Å². The Kier molecular flexibility index (Phi) is 1.71. The second-order valence-electron chi connectivity index (χ2n) is 4.69. The van der Waals surface area contributed by atoms with Crippen LogP contribution in [0.5, 0.6) is 0 Å². The lowest BCUT2D eigenvalue weighted by Crippen LogP contribution is -2.20. The highest BCUT2D eigenvalue weighted by molar-refractivity contribution is 5.81. The highest BCUT2D eigenvalue weighted by Crippen LogP contribution is 2.33. The first-order valence-corrected chi connectivity index (χ1v) is 5.97. The van der Waals surface area contributed by atoms with Crippen molar-refractivity contribution in [2.75, 3.05) is 0 Å². The normalized spacial score (nSPS) is 15.6. The number of rotatable bonds is 1. The molecule has 0 atom stereocenters. The molecule has 0 saturated heterocycles. The van der Waals surface area contributed by atoms with Crippen LogP contribution in [-0.2, 0) is 0 Å². The Hall–Kier alpha value is -2.24. The highest BCUT2D eigenvalue weighted by Gasteiger charge is 2.25. The second-order valence-corrected chi connectivity index (χ2v) is 4.69.